The van der Waals surface area contributed by atoms with Crippen molar-refractivity contribution in [3.05, 3.63) is 41.9 Å². The molecule has 0 atom stereocenters. The Morgan fingerprint density at radius 2 is 1.96 bits per heavy atom. The van der Waals surface area contributed by atoms with E-state index in [1.54, 1.807) is 0 Å². The highest BCUT2D eigenvalue weighted by molar-refractivity contribution is 5.76. The number of carbonyl (C=O) groups is 1. The Hall–Kier alpha value is -2.28. The maximum atomic E-state index is 13.8. The van der Waals surface area contributed by atoms with Crippen molar-refractivity contribution in [2.45, 2.75) is 26.7 Å². The van der Waals surface area contributed by atoms with Crippen LogP contribution < -0.4 is 0 Å². The summed E-state index contributed by atoms with van der Waals surface area (Å²) < 4.78 is 32.4. The van der Waals surface area contributed by atoms with Crippen LogP contribution >= 0.6 is 0 Å². The number of carbonyl (C=O) groups excluding carboxylic acids is 1. The molecular weight excluding hydrogens is 352 g/mol. The molecule has 1 fully saturated rings. The zero-order valence-electron chi connectivity index (χ0n) is 15.8. The third kappa shape index (κ3) is 5.13. The molecule has 1 amide bonds. The molecular formula is C20H25F2N3O2. The third-order valence-corrected chi connectivity index (χ3v) is 4.65. The van der Waals surface area contributed by atoms with Crippen molar-refractivity contribution in [3.8, 4) is 11.3 Å². The van der Waals surface area contributed by atoms with Crippen molar-refractivity contribution >= 4 is 5.91 Å². The van der Waals surface area contributed by atoms with E-state index < -0.39 is 11.6 Å². The average Bonchev–Trinajstić information content (AvgIpc) is 3.08. The first-order chi connectivity index (χ1) is 12.9. The summed E-state index contributed by atoms with van der Waals surface area (Å²) in [4.78, 5) is 20.8. The number of piperazine rings is 1. The highest BCUT2D eigenvalue weighted by Crippen LogP contribution is 2.24. The summed E-state index contributed by atoms with van der Waals surface area (Å²) in [6.07, 6.45) is 2.06. The summed E-state index contributed by atoms with van der Waals surface area (Å²) in [5, 5.41) is 0. The van der Waals surface area contributed by atoms with Gasteiger partial charge < -0.3 is 9.32 Å². The molecule has 1 aliphatic rings. The second-order valence-electron chi connectivity index (χ2n) is 7.32. The van der Waals surface area contributed by atoms with Gasteiger partial charge in [-0.2, -0.15) is 0 Å². The van der Waals surface area contributed by atoms with Crippen molar-refractivity contribution in [2.75, 3.05) is 32.7 Å². The van der Waals surface area contributed by atoms with Crippen LogP contribution in [-0.4, -0.2) is 53.4 Å². The molecule has 5 nitrogen and oxygen atoms in total. The maximum absolute atomic E-state index is 13.8. The van der Waals surface area contributed by atoms with Crippen LogP contribution in [0.1, 0.15) is 26.2 Å². The molecule has 2 heterocycles. The Morgan fingerprint density at radius 1 is 1.22 bits per heavy atom. The zero-order valence-corrected chi connectivity index (χ0v) is 15.8. The number of oxazole rings is 1. The van der Waals surface area contributed by atoms with E-state index >= 15 is 0 Å². The van der Waals surface area contributed by atoms with Gasteiger partial charge >= 0.3 is 0 Å². The Balaban J connectivity index is 1.51. The molecule has 1 aromatic heterocycles. The highest BCUT2D eigenvalue weighted by atomic mass is 19.1. The lowest BCUT2D eigenvalue weighted by molar-refractivity contribution is -0.133. The number of rotatable bonds is 6. The summed E-state index contributed by atoms with van der Waals surface area (Å²) >= 11 is 0. The first-order valence-corrected chi connectivity index (χ1v) is 9.32. The minimum Gasteiger partial charge on any atom is -0.441 e. The van der Waals surface area contributed by atoms with Crippen LogP contribution in [0, 0.1) is 17.6 Å². The molecule has 1 aliphatic heterocycles. The Kier molecular flexibility index (Phi) is 6.21. The molecule has 2 aromatic rings. The van der Waals surface area contributed by atoms with Gasteiger partial charge in [-0.1, -0.05) is 13.8 Å². The van der Waals surface area contributed by atoms with Crippen molar-refractivity contribution in [2.24, 2.45) is 5.92 Å². The fraction of sp³-hybridized carbons (Fsp3) is 0.500. The zero-order chi connectivity index (χ0) is 19.4. The van der Waals surface area contributed by atoms with Gasteiger partial charge in [-0.05, 0) is 18.1 Å². The fourth-order valence-electron chi connectivity index (χ4n) is 3.31. The molecule has 1 saturated heterocycles. The number of nitrogens with zero attached hydrogens (tertiary/aromatic N) is 3. The van der Waals surface area contributed by atoms with Gasteiger partial charge in [-0.3, -0.25) is 9.69 Å². The molecule has 0 unspecified atom stereocenters. The molecule has 7 heteroatoms. The van der Waals surface area contributed by atoms with E-state index in [1.165, 1.54) is 18.3 Å². The van der Waals surface area contributed by atoms with Gasteiger partial charge in [0.25, 0.3) is 0 Å². The van der Waals surface area contributed by atoms with Crippen molar-refractivity contribution in [1.29, 1.82) is 0 Å². The van der Waals surface area contributed by atoms with Crippen LogP contribution in [0.3, 0.4) is 0 Å². The standard InChI is InChI=1S/C20H25F2N3O2/c1-14(2)13-24-7-9-25(10-8-24)20(26)6-5-19-23-12-18(27-19)16-4-3-15(21)11-17(16)22/h3-4,11-12,14H,5-10,13H2,1-2H3. The fourth-order valence-corrected chi connectivity index (χ4v) is 3.31. The summed E-state index contributed by atoms with van der Waals surface area (Å²) in [6, 6.07) is 3.29. The predicted molar refractivity (Wildman–Crippen MR) is 98.0 cm³/mol. The lowest BCUT2D eigenvalue weighted by Gasteiger charge is -2.35. The lowest BCUT2D eigenvalue weighted by atomic mass is 10.2. The molecule has 1 aromatic carbocycles. The highest BCUT2D eigenvalue weighted by Gasteiger charge is 2.22. The normalized spacial score (nSPS) is 15.5. The number of aromatic nitrogens is 1. The van der Waals surface area contributed by atoms with Gasteiger partial charge in [0.2, 0.25) is 5.91 Å². The van der Waals surface area contributed by atoms with Gasteiger partial charge in [0.15, 0.2) is 11.7 Å². The van der Waals surface area contributed by atoms with E-state index in [9.17, 15) is 13.6 Å². The molecule has 0 bridgehead atoms. The largest absolute Gasteiger partial charge is 0.441 e. The van der Waals surface area contributed by atoms with Crippen molar-refractivity contribution < 1.29 is 18.0 Å². The molecule has 0 spiro atoms. The number of hydrogen-bond acceptors (Lipinski definition) is 4. The number of hydrogen-bond donors (Lipinski definition) is 0. The molecule has 27 heavy (non-hydrogen) atoms. The number of benzene rings is 1. The van der Waals surface area contributed by atoms with Gasteiger partial charge in [-0.15, -0.1) is 0 Å². The first-order valence-electron chi connectivity index (χ1n) is 9.32. The number of halogens is 2. The smallest absolute Gasteiger partial charge is 0.223 e. The maximum Gasteiger partial charge on any atom is 0.223 e. The van der Waals surface area contributed by atoms with Crippen LogP contribution in [0.4, 0.5) is 8.78 Å². The monoisotopic (exact) mass is 377 g/mol. The SMILES string of the molecule is CC(C)CN1CCN(C(=O)CCc2ncc(-c3ccc(F)cc3F)o2)CC1. The van der Waals surface area contributed by atoms with Crippen LogP contribution in [0.5, 0.6) is 0 Å². The molecule has 0 N–H and O–H groups in total. The second-order valence-corrected chi connectivity index (χ2v) is 7.32. The molecule has 146 valence electrons. The van der Waals surface area contributed by atoms with E-state index in [-0.39, 0.29) is 17.2 Å². The number of amides is 1. The van der Waals surface area contributed by atoms with E-state index in [0.29, 0.717) is 24.7 Å². The average molecular weight is 377 g/mol. The number of aryl methyl sites for hydroxylation is 1. The Labute approximate surface area is 158 Å². The second kappa shape index (κ2) is 8.61. The van der Waals surface area contributed by atoms with E-state index in [0.717, 1.165) is 38.8 Å². The van der Waals surface area contributed by atoms with Crippen molar-refractivity contribution in [1.82, 2.24) is 14.8 Å². The van der Waals surface area contributed by atoms with Crippen LogP contribution in [0.15, 0.2) is 28.8 Å². The van der Waals surface area contributed by atoms with Gasteiger partial charge in [0.05, 0.1) is 11.8 Å². The van der Waals surface area contributed by atoms with Gasteiger partial charge in [0.1, 0.15) is 11.6 Å². The molecule has 0 aliphatic carbocycles. The van der Waals surface area contributed by atoms with Crippen LogP contribution in [0.2, 0.25) is 0 Å². The van der Waals surface area contributed by atoms with Crippen LogP contribution in [0.25, 0.3) is 11.3 Å². The minimum atomic E-state index is -0.701. The Bertz CT molecular complexity index is 783. The predicted octanol–water partition coefficient (Wildman–Crippen LogP) is 3.35. The van der Waals surface area contributed by atoms with E-state index in [2.05, 4.69) is 23.7 Å². The molecule has 0 radical (unpaired) electrons. The molecule has 3 rings (SSSR count). The molecule has 0 saturated carbocycles. The van der Waals surface area contributed by atoms with Crippen LogP contribution in [-0.2, 0) is 11.2 Å². The van der Waals surface area contributed by atoms with E-state index in [1.807, 2.05) is 4.90 Å². The van der Waals surface area contributed by atoms with Crippen molar-refractivity contribution in [3.63, 3.8) is 0 Å². The quantitative estimate of drug-likeness (QED) is 0.775. The Morgan fingerprint density at radius 3 is 2.63 bits per heavy atom. The summed E-state index contributed by atoms with van der Waals surface area (Å²) in [5.41, 5.74) is 0.155. The first kappa shape index (κ1) is 19.5. The van der Waals surface area contributed by atoms with Gasteiger partial charge in [-0.25, -0.2) is 13.8 Å². The summed E-state index contributed by atoms with van der Waals surface area (Å²) in [7, 11) is 0. The lowest BCUT2D eigenvalue weighted by Crippen LogP contribution is -2.49. The summed E-state index contributed by atoms with van der Waals surface area (Å²) in [5.74, 6) is -0.0368. The van der Waals surface area contributed by atoms with Gasteiger partial charge in [0, 0.05) is 51.6 Å². The topological polar surface area (TPSA) is 49.6 Å². The van der Waals surface area contributed by atoms with E-state index in [4.69, 9.17) is 4.42 Å². The summed E-state index contributed by atoms with van der Waals surface area (Å²) in [6.45, 7) is 8.72. The minimum absolute atomic E-state index is 0.0758. The third-order valence-electron chi connectivity index (χ3n) is 4.65.